The van der Waals surface area contributed by atoms with E-state index in [2.05, 4.69) is 30.6 Å². The Balaban J connectivity index is 1.31. The fourth-order valence-corrected chi connectivity index (χ4v) is 6.58. The van der Waals surface area contributed by atoms with Gasteiger partial charge in [-0.05, 0) is 44.8 Å². The second kappa shape index (κ2) is 14.2. The number of anilines is 2. The standard InChI is InChI=1S/C32H28N6O6S2/c1-41-31(39)37-29-33-21-13-25(43-17-19-9-5-3-6-10-19)27(15-23(21)35-29)45-46-28-16-24-22(34-30(36-24)38-32(40)42-2)14-26(28)44-18-20-11-7-4-8-12-20/h3-16H,17-18H2,1-2H3,(H2,33,35,37,39)(H2,34,36,38,40). The van der Waals surface area contributed by atoms with Gasteiger partial charge in [0.25, 0.3) is 0 Å². The molecule has 0 aliphatic carbocycles. The lowest BCUT2D eigenvalue weighted by molar-refractivity contribution is 0.186. The molecule has 12 nitrogen and oxygen atoms in total. The van der Waals surface area contributed by atoms with Gasteiger partial charge in [-0.15, -0.1) is 0 Å². The van der Waals surface area contributed by atoms with Crippen LogP contribution in [0.15, 0.2) is 94.7 Å². The van der Waals surface area contributed by atoms with Gasteiger partial charge in [0.2, 0.25) is 11.9 Å². The van der Waals surface area contributed by atoms with Crippen LogP contribution in [0.1, 0.15) is 11.1 Å². The van der Waals surface area contributed by atoms with Gasteiger partial charge in [0, 0.05) is 12.1 Å². The summed E-state index contributed by atoms with van der Waals surface area (Å²) in [5, 5.41) is 5.13. The molecule has 14 heteroatoms. The zero-order valence-corrected chi connectivity index (χ0v) is 26.3. The molecule has 0 aliphatic heterocycles. The van der Waals surface area contributed by atoms with Crippen molar-refractivity contribution in [3.05, 3.63) is 96.1 Å². The summed E-state index contributed by atoms with van der Waals surface area (Å²) in [5.74, 6) is 1.75. The predicted octanol–water partition coefficient (Wildman–Crippen LogP) is 7.75. The molecular formula is C32H28N6O6S2. The molecule has 234 valence electrons. The lowest BCUT2D eigenvalue weighted by Gasteiger charge is -2.14. The molecule has 6 rings (SSSR count). The number of methoxy groups -OCH3 is 2. The van der Waals surface area contributed by atoms with Crippen molar-refractivity contribution in [1.82, 2.24) is 19.9 Å². The number of benzene rings is 4. The molecular weight excluding hydrogens is 629 g/mol. The molecule has 0 aliphatic rings. The topological polar surface area (TPSA) is 152 Å². The number of carbonyl (C=O) groups is 2. The molecule has 0 unspecified atom stereocenters. The first-order valence-corrected chi connectivity index (χ1v) is 16.1. The molecule has 0 atom stereocenters. The Hall–Kier alpha value is -5.34. The summed E-state index contributed by atoms with van der Waals surface area (Å²) in [4.78, 5) is 40.3. The number of aromatic nitrogens is 4. The van der Waals surface area contributed by atoms with E-state index in [0.717, 1.165) is 20.9 Å². The van der Waals surface area contributed by atoms with Crippen molar-refractivity contribution in [2.75, 3.05) is 24.9 Å². The molecule has 0 fully saturated rings. The molecule has 4 N–H and O–H groups in total. The fraction of sp³-hybridized carbons (Fsp3) is 0.125. The lowest BCUT2D eigenvalue weighted by atomic mass is 10.2. The zero-order valence-electron chi connectivity index (χ0n) is 24.7. The molecule has 6 aromatic rings. The van der Waals surface area contributed by atoms with Crippen molar-refractivity contribution in [2.24, 2.45) is 0 Å². The van der Waals surface area contributed by atoms with Gasteiger partial charge in [-0.2, -0.15) is 0 Å². The predicted molar refractivity (Wildman–Crippen MR) is 178 cm³/mol. The van der Waals surface area contributed by atoms with Crippen molar-refractivity contribution < 1.29 is 28.5 Å². The van der Waals surface area contributed by atoms with Crippen LogP contribution in [0, 0.1) is 0 Å². The molecule has 2 heterocycles. The van der Waals surface area contributed by atoms with Crippen LogP contribution in [-0.4, -0.2) is 46.3 Å². The van der Waals surface area contributed by atoms with E-state index < -0.39 is 12.2 Å². The molecule has 0 bridgehead atoms. The zero-order chi connectivity index (χ0) is 31.9. The fourth-order valence-electron chi connectivity index (χ4n) is 4.37. The van der Waals surface area contributed by atoms with Gasteiger partial charge < -0.3 is 28.9 Å². The van der Waals surface area contributed by atoms with E-state index in [9.17, 15) is 9.59 Å². The number of ether oxygens (including phenoxy) is 4. The molecule has 2 amide bonds. The number of carbonyl (C=O) groups excluding carboxylic acids is 2. The number of aromatic amines is 2. The first-order valence-electron chi connectivity index (χ1n) is 13.9. The van der Waals surface area contributed by atoms with Gasteiger partial charge in [0.15, 0.2) is 0 Å². The number of nitrogens with zero attached hydrogens (tertiary/aromatic N) is 2. The normalized spacial score (nSPS) is 10.9. The number of amides is 2. The molecule has 46 heavy (non-hydrogen) atoms. The van der Waals surface area contributed by atoms with E-state index >= 15 is 0 Å². The van der Waals surface area contributed by atoms with Crippen molar-refractivity contribution in [2.45, 2.75) is 23.0 Å². The quantitative estimate of drug-likeness (QED) is 0.102. The minimum atomic E-state index is -0.633. The van der Waals surface area contributed by atoms with E-state index in [0.29, 0.717) is 46.8 Å². The van der Waals surface area contributed by atoms with E-state index in [1.807, 2.05) is 84.9 Å². The number of rotatable bonds is 11. The summed E-state index contributed by atoms with van der Waals surface area (Å²) >= 11 is 0. The van der Waals surface area contributed by atoms with Gasteiger partial charge in [0.05, 0.1) is 46.1 Å². The third-order valence-corrected chi connectivity index (χ3v) is 9.01. The average molecular weight is 657 g/mol. The summed E-state index contributed by atoms with van der Waals surface area (Å²) in [6.07, 6.45) is -1.27. The largest absolute Gasteiger partial charge is 0.488 e. The number of hydrogen-bond donors (Lipinski definition) is 4. The second-order valence-corrected chi connectivity index (χ2v) is 12.0. The van der Waals surface area contributed by atoms with Gasteiger partial charge >= 0.3 is 12.2 Å². The Kier molecular flexibility index (Phi) is 9.45. The summed E-state index contributed by atoms with van der Waals surface area (Å²) in [7, 11) is 5.49. The van der Waals surface area contributed by atoms with Crippen LogP contribution in [-0.2, 0) is 22.7 Å². The smallest absolute Gasteiger partial charge is 0.413 e. The second-order valence-electron chi connectivity index (χ2n) is 9.75. The Labute approximate surface area is 271 Å². The van der Waals surface area contributed by atoms with Crippen molar-refractivity contribution in [3.8, 4) is 11.5 Å². The van der Waals surface area contributed by atoms with Gasteiger partial charge in [0.1, 0.15) is 24.7 Å². The van der Waals surface area contributed by atoms with Crippen LogP contribution >= 0.6 is 21.6 Å². The molecule has 0 radical (unpaired) electrons. The summed E-state index contributed by atoms with van der Waals surface area (Å²) in [6, 6.07) is 27.2. The highest BCUT2D eigenvalue weighted by Gasteiger charge is 2.17. The first-order chi connectivity index (χ1) is 22.5. The SMILES string of the molecule is COC(=O)Nc1nc2cc(SSc3cc4nc(NC(=O)OC)[nH]c4cc3OCc3ccccc3)c(OCc3ccccc3)cc2[nH]1. The van der Waals surface area contributed by atoms with Gasteiger partial charge in [-0.3, -0.25) is 10.6 Å². The van der Waals surface area contributed by atoms with Crippen molar-refractivity contribution in [3.63, 3.8) is 0 Å². The average Bonchev–Trinajstić information content (AvgIpc) is 3.67. The maximum Gasteiger partial charge on any atom is 0.413 e. The van der Waals surface area contributed by atoms with Crippen molar-refractivity contribution >= 4 is 67.7 Å². The molecule has 0 spiro atoms. The van der Waals surface area contributed by atoms with Crippen molar-refractivity contribution in [1.29, 1.82) is 0 Å². The van der Waals surface area contributed by atoms with Crippen LogP contribution in [0.4, 0.5) is 21.5 Å². The minimum Gasteiger partial charge on any atom is -0.488 e. The maximum absolute atomic E-state index is 11.8. The van der Waals surface area contributed by atoms with E-state index in [4.69, 9.17) is 18.9 Å². The Morgan fingerprint density at radius 3 is 1.46 bits per heavy atom. The summed E-state index contributed by atoms with van der Waals surface area (Å²) < 4.78 is 22.0. The van der Waals surface area contributed by atoms with Gasteiger partial charge in [-0.25, -0.2) is 19.6 Å². The Morgan fingerprint density at radius 1 is 0.652 bits per heavy atom. The van der Waals surface area contributed by atoms with Crippen LogP contribution in [0.25, 0.3) is 22.1 Å². The van der Waals surface area contributed by atoms with Crippen LogP contribution in [0.2, 0.25) is 0 Å². The molecule has 2 aromatic heterocycles. The van der Waals surface area contributed by atoms with E-state index in [1.54, 1.807) is 0 Å². The highest BCUT2D eigenvalue weighted by atomic mass is 33.1. The Morgan fingerprint density at radius 2 is 1.07 bits per heavy atom. The van der Waals surface area contributed by atoms with Crippen LogP contribution < -0.4 is 20.1 Å². The third-order valence-electron chi connectivity index (χ3n) is 6.60. The van der Waals surface area contributed by atoms with Crippen LogP contribution in [0.3, 0.4) is 0 Å². The summed E-state index contributed by atoms with van der Waals surface area (Å²) in [5.41, 5.74) is 4.65. The number of imidazole rings is 2. The third kappa shape index (κ3) is 7.47. The highest BCUT2D eigenvalue weighted by molar-refractivity contribution is 8.76. The van der Waals surface area contributed by atoms with E-state index in [-0.39, 0.29) is 11.9 Å². The monoisotopic (exact) mass is 656 g/mol. The molecule has 0 saturated heterocycles. The number of hydrogen-bond acceptors (Lipinski definition) is 10. The molecule has 4 aromatic carbocycles. The summed E-state index contributed by atoms with van der Waals surface area (Å²) in [6.45, 7) is 0.708. The Bertz CT molecular complexity index is 1840. The van der Waals surface area contributed by atoms with Gasteiger partial charge in [-0.1, -0.05) is 60.7 Å². The minimum absolute atomic E-state index is 0.252. The maximum atomic E-state index is 11.8. The van der Waals surface area contributed by atoms with Crippen LogP contribution in [0.5, 0.6) is 11.5 Å². The lowest BCUT2D eigenvalue weighted by Crippen LogP contribution is -2.11. The van der Waals surface area contributed by atoms with E-state index in [1.165, 1.54) is 35.8 Å². The first kappa shape index (κ1) is 30.7. The number of nitrogens with one attached hydrogen (secondary N) is 4. The molecule has 0 saturated carbocycles. The number of H-pyrrole nitrogens is 2. The number of fused-ring (bicyclic) bond motifs is 2. The highest BCUT2D eigenvalue weighted by Crippen LogP contribution is 2.47.